The van der Waals surface area contributed by atoms with Gasteiger partial charge in [0.1, 0.15) is 5.15 Å². The largest absolute Gasteiger partial charge is 0.338 e. The summed E-state index contributed by atoms with van der Waals surface area (Å²) < 4.78 is 7.21. The Labute approximate surface area is 176 Å². The van der Waals surface area contributed by atoms with Gasteiger partial charge in [-0.05, 0) is 19.1 Å². The average Bonchev–Trinajstić information content (AvgIpc) is 3.30. The predicted molar refractivity (Wildman–Crippen MR) is 112 cm³/mol. The summed E-state index contributed by atoms with van der Waals surface area (Å²) in [4.78, 5) is 9.27. The van der Waals surface area contributed by atoms with E-state index in [1.165, 1.54) is 0 Å². The molecule has 0 bridgehead atoms. The summed E-state index contributed by atoms with van der Waals surface area (Å²) in [5.41, 5.74) is 3.06. The molecule has 154 valence electrons. The topological polar surface area (TPSA) is 63.2 Å². The maximum Gasteiger partial charge on any atom is 0.240 e. The maximum absolute atomic E-state index is 6.68. The van der Waals surface area contributed by atoms with Crippen molar-refractivity contribution in [3.05, 3.63) is 58.5 Å². The van der Waals surface area contributed by atoms with E-state index in [9.17, 15) is 0 Å². The molecule has 3 aromatic rings. The molecule has 1 aliphatic rings. The number of para-hydroxylation sites is 1. The van der Waals surface area contributed by atoms with Gasteiger partial charge in [-0.3, -0.25) is 9.80 Å². The first-order chi connectivity index (χ1) is 14.0. The van der Waals surface area contributed by atoms with Gasteiger partial charge < -0.3 is 4.52 Å². The third kappa shape index (κ3) is 4.52. The first-order valence-corrected chi connectivity index (χ1v) is 10.5. The number of rotatable bonds is 6. The number of aromatic nitrogens is 4. The summed E-state index contributed by atoms with van der Waals surface area (Å²) in [6.45, 7) is 11.5. The second-order valence-corrected chi connectivity index (χ2v) is 8.21. The fourth-order valence-electron chi connectivity index (χ4n) is 3.54. The molecule has 0 N–H and O–H groups in total. The zero-order valence-electron chi connectivity index (χ0n) is 17.2. The van der Waals surface area contributed by atoms with Gasteiger partial charge >= 0.3 is 0 Å². The Hall–Kier alpha value is -2.22. The van der Waals surface area contributed by atoms with Crippen molar-refractivity contribution in [3.63, 3.8) is 0 Å². The highest BCUT2D eigenvalue weighted by Gasteiger charge is 2.23. The predicted octanol–water partition coefficient (Wildman–Crippen LogP) is 3.66. The van der Waals surface area contributed by atoms with Crippen molar-refractivity contribution in [1.29, 1.82) is 0 Å². The second-order valence-electron chi connectivity index (χ2n) is 7.86. The van der Waals surface area contributed by atoms with Gasteiger partial charge in [0.05, 0.1) is 17.9 Å². The molecule has 1 aromatic carbocycles. The number of hydrogen-bond acceptors (Lipinski definition) is 6. The fourth-order valence-corrected chi connectivity index (χ4v) is 3.87. The third-order valence-corrected chi connectivity index (χ3v) is 5.72. The molecule has 3 heterocycles. The lowest BCUT2D eigenvalue weighted by atomic mass is 10.2. The van der Waals surface area contributed by atoms with Gasteiger partial charge in [0.25, 0.3) is 0 Å². The van der Waals surface area contributed by atoms with Crippen LogP contribution in [0, 0.1) is 6.92 Å². The van der Waals surface area contributed by atoms with Gasteiger partial charge in [-0.15, -0.1) is 0 Å². The normalized spacial score (nSPS) is 16.0. The molecule has 1 fully saturated rings. The molecule has 2 aromatic heterocycles. The highest BCUT2D eigenvalue weighted by Crippen LogP contribution is 2.25. The van der Waals surface area contributed by atoms with E-state index >= 15 is 0 Å². The number of aryl methyl sites for hydroxylation is 1. The van der Waals surface area contributed by atoms with E-state index in [4.69, 9.17) is 16.1 Å². The Kier molecular flexibility index (Phi) is 5.99. The van der Waals surface area contributed by atoms with Crippen LogP contribution in [0.1, 0.15) is 42.7 Å². The maximum atomic E-state index is 6.68. The molecule has 1 aliphatic heterocycles. The molecule has 0 atom stereocenters. The molecule has 0 amide bonds. The minimum Gasteiger partial charge on any atom is -0.338 e. The highest BCUT2D eigenvalue weighted by molar-refractivity contribution is 6.30. The highest BCUT2D eigenvalue weighted by atomic mass is 35.5. The lowest BCUT2D eigenvalue weighted by Crippen LogP contribution is -2.45. The average molecular weight is 415 g/mol. The first kappa shape index (κ1) is 20.1. The number of piperazine rings is 1. The van der Waals surface area contributed by atoms with E-state index < -0.39 is 0 Å². The third-order valence-electron chi connectivity index (χ3n) is 5.33. The molecule has 8 heteroatoms. The fraction of sp³-hybridized carbons (Fsp3) is 0.476. The Bertz CT molecular complexity index is 943. The van der Waals surface area contributed by atoms with E-state index in [0.717, 1.165) is 55.5 Å². The van der Waals surface area contributed by atoms with Crippen LogP contribution in [0.25, 0.3) is 5.69 Å². The van der Waals surface area contributed by atoms with Crippen molar-refractivity contribution >= 4 is 11.6 Å². The van der Waals surface area contributed by atoms with E-state index in [2.05, 4.69) is 38.9 Å². The zero-order valence-corrected chi connectivity index (χ0v) is 17.9. The quantitative estimate of drug-likeness (QED) is 0.613. The first-order valence-electron chi connectivity index (χ1n) is 10.1. The Morgan fingerprint density at radius 3 is 2.31 bits per heavy atom. The Morgan fingerprint density at radius 2 is 1.69 bits per heavy atom. The van der Waals surface area contributed by atoms with Gasteiger partial charge in [0, 0.05) is 44.2 Å². The van der Waals surface area contributed by atoms with Gasteiger partial charge in [-0.2, -0.15) is 10.1 Å². The van der Waals surface area contributed by atoms with Crippen LogP contribution < -0.4 is 0 Å². The summed E-state index contributed by atoms with van der Waals surface area (Å²) in [5.74, 6) is 1.76. The van der Waals surface area contributed by atoms with Crippen LogP contribution in [0.4, 0.5) is 0 Å². The molecule has 0 unspecified atom stereocenters. The zero-order chi connectivity index (χ0) is 20.4. The lowest BCUT2D eigenvalue weighted by molar-refractivity contribution is 0.112. The summed E-state index contributed by atoms with van der Waals surface area (Å²) in [7, 11) is 0. The van der Waals surface area contributed by atoms with Crippen molar-refractivity contribution < 1.29 is 4.52 Å². The number of nitrogens with zero attached hydrogens (tertiary/aromatic N) is 6. The summed E-state index contributed by atoms with van der Waals surface area (Å²) in [5, 5.41) is 9.40. The van der Waals surface area contributed by atoms with Crippen LogP contribution in [0.3, 0.4) is 0 Å². The van der Waals surface area contributed by atoms with Crippen molar-refractivity contribution in [1.82, 2.24) is 29.7 Å². The summed E-state index contributed by atoms with van der Waals surface area (Å²) in [6.07, 6.45) is 0. The summed E-state index contributed by atoms with van der Waals surface area (Å²) in [6, 6.07) is 10.0. The van der Waals surface area contributed by atoms with Crippen LogP contribution in [-0.2, 0) is 13.1 Å². The van der Waals surface area contributed by atoms with E-state index in [0.29, 0.717) is 17.6 Å². The van der Waals surface area contributed by atoms with Gasteiger partial charge in [-0.1, -0.05) is 48.8 Å². The van der Waals surface area contributed by atoms with Gasteiger partial charge in [0.15, 0.2) is 5.82 Å². The minimum absolute atomic E-state index is 0.286. The van der Waals surface area contributed by atoms with E-state index in [-0.39, 0.29) is 5.92 Å². The molecule has 0 radical (unpaired) electrons. The summed E-state index contributed by atoms with van der Waals surface area (Å²) >= 11 is 6.68. The standard InChI is InChI=1S/C21H27ClN6O/c1-15(2)21-23-19(29-25-21)14-27-11-9-26(10-12-27)13-18-16(3)24-28(20(18)22)17-7-5-4-6-8-17/h4-8,15H,9-14H2,1-3H3. The molecule has 29 heavy (non-hydrogen) atoms. The molecule has 7 nitrogen and oxygen atoms in total. The molecule has 0 spiro atoms. The molecule has 0 saturated carbocycles. The molecule has 4 rings (SSSR count). The monoisotopic (exact) mass is 414 g/mol. The van der Waals surface area contributed by atoms with Gasteiger partial charge in [-0.25, -0.2) is 4.68 Å². The van der Waals surface area contributed by atoms with Crippen LogP contribution in [0.15, 0.2) is 34.9 Å². The Morgan fingerprint density at radius 1 is 1.03 bits per heavy atom. The molecule has 1 saturated heterocycles. The number of hydrogen-bond donors (Lipinski definition) is 0. The molecular weight excluding hydrogens is 388 g/mol. The van der Waals surface area contributed by atoms with Crippen molar-refractivity contribution in [2.45, 2.75) is 39.8 Å². The minimum atomic E-state index is 0.286. The van der Waals surface area contributed by atoms with Crippen molar-refractivity contribution in [3.8, 4) is 5.69 Å². The molecule has 0 aliphatic carbocycles. The van der Waals surface area contributed by atoms with E-state index in [1.54, 1.807) is 0 Å². The molecular formula is C21H27ClN6O. The van der Waals surface area contributed by atoms with E-state index in [1.807, 2.05) is 41.9 Å². The van der Waals surface area contributed by atoms with Gasteiger partial charge in [0.2, 0.25) is 5.89 Å². The van der Waals surface area contributed by atoms with Crippen molar-refractivity contribution in [2.24, 2.45) is 0 Å². The second kappa shape index (κ2) is 8.65. The smallest absolute Gasteiger partial charge is 0.240 e. The SMILES string of the molecule is Cc1nn(-c2ccccc2)c(Cl)c1CN1CCN(Cc2nc(C(C)C)no2)CC1. The van der Waals surface area contributed by atoms with Crippen LogP contribution in [0.2, 0.25) is 5.15 Å². The number of benzene rings is 1. The van der Waals surface area contributed by atoms with Crippen molar-refractivity contribution in [2.75, 3.05) is 26.2 Å². The van der Waals surface area contributed by atoms with Crippen LogP contribution in [-0.4, -0.2) is 55.9 Å². The Balaban J connectivity index is 1.36. The van der Waals surface area contributed by atoms with Crippen LogP contribution in [0.5, 0.6) is 0 Å². The lowest BCUT2D eigenvalue weighted by Gasteiger charge is -2.33. The number of halogens is 1. The van der Waals surface area contributed by atoms with Crippen LogP contribution >= 0.6 is 11.6 Å².